The maximum atomic E-state index is 12.9. The molecule has 1 aliphatic heterocycles. The van der Waals surface area contributed by atoms with Crippen molar-refractivity contribution in [3.8, 4) is 5.75 Å². The number of aryl methyl sites for hydroxylation is 1. The van der Waals surface area contributed by atoms with E-state index in [-0.39, 0.29) is 18.2 Å². The number of ether oxygens (including phenoxy) is 2. The van der Waals surface area contributed by atoms with Crippen LogP contribution in [-0.2, 0) is 27.1 Å². The average molecular weight is 470 g/mol. The number of sulfonamides is 1. The Labute approximate surface area is 193 Å². The molecule has 8 nitrogen and oxygen atoms in total. The summed E-state index contributed by atoms with van der Waals surface area (Å²) in [7, 11) is -1.87. The van der Waals surface area contributed by atoms with Gasteiger partial charge in [0.05, 0.1) is 42.9 Å². The van der Waals surface area contributed by atoms with Gasteiger partial charge in [0.1, 0.15) is 5.75 Å². The minimum atomic E-state index is -3.47. The zero-order chi connectivity index (χ0) is 23.4. The van der Waals surface area contributed by atoms with Crippen LogP contribution in [0, 0.1) is 6.92 Å². The summed E-state index contributed by atoms with van der Waals surface area (Å²) in [6.07, 6.45) is 0. The minimum absolute atomic E-state index is 0.114. The molecule has 0 saturated carbocycles. The van der Waals surface area contributed by atoms with Crippen molar-refractivity contribution in [2.45, 2.75) is 19.2 Å². The highest BCUT2D eigenvalue weighted by molar-refractivity contribution is 7.88. The summed E-state index contributed by atoms with van der Waals surface area (Å²) < 4.78 is 37.7. The zero-order valence-electron chi connectivity index (χ0n) is 18.7. The van der Waals surface area contributed by atoms with Crippen molar-refractivity contribution < 1.29 is 22.7 Å². The summed E-state index contributed by atoms with van der Waals surface area (Å²) in [5, 5.41) is 3.75. The Kier molecular flexibility index (Phi) is 6.92. The number of morpholine rings is 1. The molecule has 0 spiro atoms. The van der Waals surface area contributed by atoms with Crippen LogP contribution in [0.25, 0.3) is 10.9 Å². The van der Waals surface area contributed by atoms with Gasteiger partial charge in [0.2, 0.25) is 10.0 Å². The number of pyridine rings is 1. The zero-order valence-corrected chi connectivity index (χ0v) is 19.5. The standard InChI is InChI=1S/C24H27N3O5S/c1-17-22(13-18-7-8-21(31-2)14-23(18)26-17)24(28)25-15-19-5-3-4-6-20(19)16-33(29,30)27-9-11-32-12-10-27/h3-8,13-14H,9-12,15-16H2,1-2H3,(H,25,28). The molecule has 0 atom stereocenters. The maximum absolute atomic E-state index is 12.9. The molecular formula is C24H27N3O5S. The van der Waals surface area contributed by atoms with E-state index in [0.717, 1.165) is 16.5 Å². The van der Waals surface area contributed by atoms with Crippen LogP contribution in [0.2, 0.25) is 0 Å². The van der Waals surface area contributed by atoms with Crippen LogP contribution in [0.15, 0.2) is 48.5 Å². The van der Waals surface area contributed by atoms with E-state index in [1.165, 1.54) is 4.31 Å². The molecule has 0 bridgehead atoms. The first-order valence-electron chi connectivity index (χ1n) is 10.7. The van der Waals surface area contributed by atoms with Crippen molar-refractivity contribution in [3.05, 3.63) is 70.9 Å². The van der Waals surface area contributed by atoms with Crippen molar-refractivity contribution in [3.63, 3.8) is 0 Å². The molecule has 1 fully saturated rings. The van der Waals surface area contributed by atoms with Crippen LogP contribution in [-0.4, -0.2) is 57.0 Å². The van der Waals surface area contributed by atoms with Crippen LogP contribution in [0.3, 0.4) is 0 Å². The largest absolute Gasteiger partial charge is 0.497 e. The Morgan fingerprint density at radius 3 is 2.58 bits per heavy atom. The Bertz CT molecular complexity index is 1270. The molecule has 1 aliphatic rings. The van der Waals surface area contributed by atoms with Crippen LogP contribution >= 0.6 is 0 Å². The number of rotatable bonds is 7. The third-order valence-electron chi connectivity index (χ3n) is 5.72. The molecule has 4 rings (SSSR count). The molecule has 1 amide bonds. The number of aromatic nitrogens is 1. The molecule has 0 radical (unpaired) electrons. The lowest BCUT2D eigenvalue weighted by Gasteiger charge is -2.26. The molecule has 1 aromatic heterocycles. The second-order valence-corrected chi connectivity index (χ2v) is 9.87. The Morgan fingerprint density at radius 1 is 1.12 bits per heavy atom. The van der Waals surface area contributed by atoms with Gasteiger partial charge >= 0.3 is 0 Å². The molecule has 9 heteroatoms. The van der Waals surface area contributed by atoms with E-state index in [1.807, 2.05) is 30.3 Å². The Morgan fingerprint density at radius 2 is 1.85 bits per heavy atom. The predicted octanol–water partition coefficient (Wildman–Crippen LogP) is 2.64. The number of carbonyl (C=O) groups is 1. The highest BCUT2D eigenvalue weighted by atomic mass is 32.2. The van der Waals surface area contributed by atoms with Gasteiger partial charge in [-0.15, -0.1) is 0 Å². The topological polar surface area (TPSA) is 97.8 Å². The van der Waals surface area contributed by atoms with E-state index in [9.17, 15) is 13.2 Å². The van der Waals surface area contributed by atoms with E-state index < -0.39 is 10.0 Å². The monoisotopic (exact) mass is 469 g/mol. The van der Waals surface area contributed by atoms with Crippen molar-refractivity contribution in [2.24, 2.45) is 0 Å². The number of nitrogens with one attached hydrogen (secondary N) is 1. The second-order valence-electron chi connectivity index (χ2n) is 7.90. The summed E-state index contributed by atoms with van der Waals surface area (Å²) in [5.41, 5.74) is 3.27. The SMILES string of the molecule is COc1ccc2cc(C(=O)NCc3ccccc3CS(=O)(=O)N3CCOCC3)c(C)nc2c1. The van der Waals surface area contributed by atoms with Crippen LogP contribution in [0.1, 0.15) is 27.2 Å². The lowest BCUT2D eigenvalue weighted by atomic mass is 10.1. The van der Waals surface area contributed by atoms with Gasteiger partial charge in [0.15, 0.2) is 0 Å². The quantitative estimate of drug-likeness (QED) is 0.571. The first kappa shape index (κ1) is 23.2. The van der Waals surface area contributed by atoms with E-state index >= 15 is 0 Å². The van der Waals surface area contributed by atoms with Gasteiger partial charge in [-0.2, -0.15) is 4.31 Å². The highest BCUT2D eigenvalue weighted by Crippen LogP contribution is 2.22. The fourth-order valence-corrected chi connectivity index (χ4v) is 5.42. The number of hydrogen-bond donors (Lipinski definition) is 1. The first-order chi connectivity index (χ1) is 15.9. The molecule has 2 aromatic carbocycles. The third kappa shape index (κ3) is 5.32. The van der Waals surface area contributed by atoms with Crippen molar-refractivity contribution in [1.82, 2.24) is 14.6 Å². The summed E-state index contributed by atoms with van der Waals surface area (Å²) in [6.45, 7) is 3.54. The third-order valence-corrected chi connectivity index (χ3v) is 7.55. The molecule has 33 heavy (non-hydrogen) atoms. The molecule has 2 heterocycles. The number of carbonyl (C=O) groups excluding carboxylic acids is 1. The van der Waals surface area contributed by atoms with Gasteiger partial charge in [-0.05, 0) is 36.2 Å². The number of amides is 1. The lowest BCUT2D eigenvalue weighted by Crippen LogP contribution is -2.41. The van der Waals surface area contributed by atoms with Gasteiger partial charge in [-0.3, -0.25) is 9.78 Å². The lowest BCUT2D eigenvalue weighted by molar-refractivity contribution is 0.0729. The molecule has 0 unspecified atom stereocenters. The van der Waals surface area contributed by atoms with Gasteiger partial charge in [-0.1, -0.05) is 24.3 Å². The maximum Gasteiger partial charge on any atom is 0.253 e. The van der Waals surface area contributed by atoms with Crippen LogP contribution in [0.5, 0.6) is 5.75 Å². The second kappa shape index (κ2) is 9.86. The summed E-state index contributed by atoms with van der Waals surface area (Å²) in [4.78, 5) is 17.5. The van der Waals surface area contributed by atoms with Gasteiger partial charge < -0.3 is 14.8 Å². The number of nitrogens with zero attached hydrogens (tertiary/aromatic N) is 2. The summed E-state index contributed by atoms with van der Waals surface area (Å²) >= 11 is 0. The van der Waals surface area contributed by atoms with Crippen LogP contribution in [0.4, 0.5) is 0 Å². The molecule has 1 saturated heterocycles. The minimum Gasteiger partial charge on any atom is -0.497 e. The molecule has 0 aliphatic carbocycles. The molecular weight excluding hydrogens is 442 g/mol. The molecule has 1 N–H and O–H groups in total. The molecule has 3 aromatic rings. The van der Waals surface area contributed by atoms with E-state index in [0.29, 0.717) is 48.9 Å². The van der Waals surface area contributed by atoms with Crippen molar-refractivity contribution in [1.29, 1.82) is 0 Å². The fourth-order valence-electron chi connectivity index (χ4n) is 3.85. The highest BCUT2D eigenvalue weighted by Gasteiger charge is 2.25. The summed E-state index contributed by atoms with van der Waals surface area (Å²) in [5.74, 6) is 0.330. The number of methoxy groups -OCH3 is 1. The van der Waals surface area contributed by atoms with E-state index in [2.05, 4.69) is 10.3 Å². The van der Waals surface area contributed by atoms with E-state index in [1.54, 1.807) is 32.2 Å². The van der Waals surface area contributed by atoms with Gasteiger partial charge in [0, 0.05) is 31.1 Å². The number of fused-ring (bicyclic) bond motifs is 1. The molecule has 174 valence electrons. The van der Waals surface area contributed by atoms with Crippen molar-refractivity contribution in [2.75, 3.05) is 33.4 Å². The Hall–Kier alpha value is -3.01. The number of benzene rings is 2. The van der Waals surface area contributed by atoms with Crippen molar-refractivity contribution >= 4 is 26.8 Å². The fraction of sp³-hybridized carbons (Fsp3) is 0.333. The Balaban J connectivity index is 1.49. The first-order valence-corrected chi connectivity index (χ1v) is 12.3. The van der Waals surface area contributed by atoms with E-state index in [4.69, 9.17) is 9.47 Å². The average Bonchev–Trinajstić information content (AvgIpc) is 2.83. The number of hydrogen-bond acceptors (Lipinski definition) is 6. The predicted molar refractivity (Wildman–Crippen MR) is 126 cm³/mol. The van der Waals surface area contributed by atoms with Gasteiger partial charge in [0.25, 0.3) is 5.91 Å². The normalized spacial score (nSPS) is 14.8. The smallest absolute Gasteiger partial charge is 0.253 e. The van der Waals surface area contributed by atoms with Gasteiger partial charge in [-0.25, -0.2) is 8.42 Å². The summed E-state index contributed by atoms with van der Waals surface area (Å²) in [6, 6.07) is 14.6. The van der Waals surface area contributed by atoms with Crippen LogP contribution < -0.4 is 10.1 Å².